The molecular formula is C13H25NO. The SMILES string of the molecule is OCCCC1CCC2(CCNCC2)CC1. The molecule has 1 saturated carbocycles. The minimum absolute atomic E-state index is 0.381. The molecule has 2 nitrogen and oxygen atoms in total. The van der Waals surface area contributed by atoms with Crippen LogP contribution in [0.1, 0.15) is 51.4 Å². The van der Waals surface area contributed by atoms with Crippen LogP contribution in [0.3, 0.4) is 0 Å². The van der Waals surface area contributed by atoms with Crippen LogP contribution in [0.2, 0.25) is 0 Å². The molecule has 1 spiro atoms. The number of hydrogen-bond acceptors (Lipinski definition) is 2. The van der Waals surface area contributed by atoms with Crippen molar-refractivity contribution in [3.05, 3.63) is 0 Å². The van der Waals surface area contributed by atoms with Gasteiger partial charge in [0.15, 0.2) is 0 Å². The van der Waals surface area contributed by atoms with Gasteiger partial charge in [0, 0.05) is 6.61 Å². The van der Waals surface area contributed by atoms with E-state index in [1.54, 1.807) is 0 Å². The average Bonchev–Trinajstić information content (AvgIpc) is 2.30. The second-order valence-electron chi connectivity index (χ2n) is 5.56. The van der Waals surface area contributed by atoms with E-state index in [1.165, 1.54) is 58.0 Å². The van der Waals surface area contributed by atoms with Crippen LogP contribution >= 0.6 is 0 Å². The van der Waals surface area contributed by atoms with Gasteiger partial charge in [-0.15, -0.1) is 0 Å². The highest BCUT2D eigenvalue weighted by atomic mass is 16.2. The molecule has 0 radical (unpaired) electrons. The van der Waals surface area contributed by atoms with E-state index >= 15 is 0 Å². The maximum absolute atomic E-state index is 8.83. The lowest BCUT2D eigenvalue weighted by Crippen LogP contribution is -2.39. The van der Waals surface area contributed by atoms with E-state index in [4.69, 9.17) is 5.11 Å². The summed E-state index contributed by atoms with van der Waals surface area (Å²) >= 11 is 0. The minimum atomic E-state index is 0.381. The van der Waals surface area contributed by atoms with Gasteiger partial charge in [0.05, 0.1) is 0 Å². The third-order valence-electron chi connectivity index (χ3n) is 4.60. The Kier molecular flexibility index (Phi) is 4.04. The number of aliphatic hydroxyl groups is 1. The molecule has 0 bridgehead atoms. The highest BCUT2D eigenvalue weighted by Gasteiger charge is 2.35. The van der Waals surface area contributed by atoms with Crippen molar-refractivity contribution >= 4 is 0 Å². The van der Waals surface area contributed by atoms with Gasteiger partial charge in [-0.05, 0) is 75.8 Å². The topological polar surface area (TPSA) is 32.3 Å². The molecule has 0 aromatic rings. The van der Waals surface area contributed by atoms with Crippen molar-refractivity contribution in [2.75, 3.05) is 19.7 Å². The summed E-state index contributed by atoms with van der Waals surface area (Å²) < 4.78 is 0. The summed E-state index contributed by atoms with van der Waals surface area (Å²) in [6, 6.07) is 0. The Morgan fingerprint density at radius 1 is 1.07 bits per heavy atom. The van der Waals surface area contributed by atoms with Crippen molar-refractivity contribution in [1.82, 2.24) is 5.32 Å². The molecule has 0 aromatic heterocycles. The minimum Gasteiger partial charge on any atom is -0.396 e. The van der Waals surface area contributed by atoms with E-state index in [-0.39, 0.29) is 0 Å². The lowest BCUT2D eigenvalue weighted by Gasteiger charge is -2.43. The smallest absolute Gasteiger partial charge is 0.0431 e. The number of nitrogens with one attached hydrogen (secondary N) is 1. The van der Waals surface area contributed by atoms with Gasteiger partial charge in [-0.3, -0.25) is 0 Å². The summed E-state index contributed by atoms with van der Waals surface area (Å²) in [5, 5.41) is 12.3. The van der Waals surface area contributed by atoms with Crippen LogP contribution in [-0.2, 0) is 0 Å². The van der Waals surface area contributed by atoms with Crippen LogP contribution in [0, 0.1) is 11.3 Å². The number of aliphatic hydroxyl groups excluding tert-OH is 1. The highest BCUT2D eigenvalue weighted by molar-refractivity contribution is 4.89. The molecule has 1 heterocycles. The zero-order valence-corrected chi connectivity index (χ0v) is 9.80. The maximum atomic E-state index is 8.83. The fourth-order valence-electron chi connectivity index (χ4n) is 3.42. The second kappa shape index (κ2) is 5.31. The van der Waals surface area contributed by atoms with Gasteiger partial charge in [0.25, 0.3) is 0 Å². The molecule has 1 aliphatic carbocycles. The Morgan fingerprint density at radius 3 is 2.33 bits per heavy atom. The summed E-state index contributed by atoms with van der Waals surface area (Å²) in [7, 11) is 0. The highest BCUT2D eigenvalue weighted by Crippen LogP contribution is 2.45. The van der Waals surface area contributed by atoms with Crippen molar-refractivity contribution in [2.45, 2.75) is 51.4 Å². The maximum Gasteiger partial charge on any atom is 0.0431 e. The summed E-state index contributed by atoms with van der Waals surface area (Å²) in [5.74, 6) is 0.915. The third-order valence-corrected chi connectivity index (χ3v) is 4.60. The lowest BCUT2D eigenvalue weighted by molar-refractivity contribution is 0.0994. The van der Waals surface area contributed by atoms with Crippen LogP contribution in [0.15, 0.2) is 0 Å². The van der Waals surface area contributed by atoms with E-state index in [0.29, 0.717) is 12.0 Å². The predicted molar refractivity (Wildman–Crippen MR) is 62.8 cm³/mol. The van der Waals surface area contributed by atoms with Crippen molar-refractivity contribution in [3.8, 4) is 0 Å². The molecular weight excluding hydrogens is 186 g/mol. The zero-order valence-electron chi connectivity index (χ0n) is 9.80. The Balaban J connectivity index is 1.75. The lowest BCUT2D eigenvalue weighted by atomic mass is 9.65. The van der Waals surface area contributed by atoms with E-state index in [1.807, 2.05) is 0 Å². The first-order valence-electron chi connectivity index (χ1n) is 6.66. The normalized spacial score (nSPS) is 27.0. The predicted octanol–water partition coefficient (Wildman–Crippen LogP) is 2.32. The van der Waals surface area contributed by atoms with Gasteiger partial charge >= 0.3 is 0 Å². The second-order valence-corrected chi connectivity index (χ2v) is 5.56. The number of hydrogen-bond donors (Lipinski definition) is 2. The first-order valence-corrected chi connectivity index (χ1v) is 6.66. The molecule has 2 N–H and O–H groups in total. The Hall–Kier alpha value is -0.0800. The molecule has 0 atom stereocenters. The third kappa shape index (κ3) is 2.94. The summed E-state index contributed by atoms with van der Waals surface area (Å²) in [5.41, 5.74) is 0.709. The molecule has 0 unspecified atom stereocenters. The van der Waals surface area contributed by atoms with Crippen LogP contribution in [0.25, 0.3) is 0 Å². The molecule has 88 valence electrons. The van der Waals surface area contributed by atoms with E-state index in [2.05, 4.69) is 5.32 Å². The number of piperidine rings is 1. The molecule has 15 heavy (non-hydrogen) atoms. The fourth-order valence-corrected chi connectivity index (χ4v) is 3.42. The number of rotatable bonds is 3. The quantitative estimate of drug-likeness (QED) is 0.751. The van der Waals surface area contributed by atoms with Gasteiger partial charge < -0.3 is 10.4 Å². The monoisotopic (exact) mass is 211 g/mol. The molecule has 1 aliphatic heterocycles. The van der Waals surface area contributed by atoms with Crippen LogP contribution in [-0.4, -0.2) is 24.8 Å². The molecule has 2 heteroatoms. The molecule has 2 rings (SSSR count). The summed E-state index contributed by atoms with van der Waals surface area (Å²) in [6.45, 7) is 2.86. The molecule has 1 saturated heterocycles. The first kappa shape index (κ1) is 11.4. The fraction of sp³-hybridized carbons (Fsp3) is 1.00. The summed E-state index contributed by atoms with van der Waals surface area (Å²) in [6.07, 6.45) is 10.8. The summed E-state index contributed by atoms with van der Waals surface area (Å²) in [4.78, 5) is 0. The molecule has 0 amide bonds. The van der Waals surface area contributed by atoms with Crippen LogP contribution < -0.4 is 5.32 Å². The first-order chi connectivity index (χ1) is 7.35. The van der Waals surface area contributed by atoms with Crippen molar-refractivity contribution < 1.29 is 5.11 Å². The largest absolute Gasteiger partial charge is 0.396 e. The van der Waals surface area contributed by atoms with Gasteiger partial charge in [-0.1, -0.05) is 0 Å². The van der Waals surface area contributed by atoms with Crippen molar-refractivity contribution in [3.63, 3.8) is 0 Å². The molecule has 0 aromatic carbocycles. The van der Waals surface area contributed by atoms with Crippen molar-refractivity contribution in [1.29, 1.82) is 0 Å². The van der Waals surface area contributed by atoms with Gasteiger partial charge in [0.2, 0.25) is 0 Å². The van der Waals surface area contributed by atoms with Crippen LogP contribution in [0.4, 0.5) is 0 Å². The van der Waals surface area contributed by atoms with Gasteiger partial charge in [0.1, 0.15) is 0 Å². The Labute approximate surface area is 93.5 Å². The standard InChI is InChI=1S/C13H25NO/c15-11-1-2-12-3-5-13(6-4-12)7-9-14-10-8-13/h12,14-15H,1-11H2. The van der Waals surface area contributed by atoms with E-state index < -0.39 is 0 Å². The Bertz CT molecular complexity index is 177. The van der Waals surface area contributed by atoms with E-state index in [9.17, 15) is 0 Å². The molecule has 2 fully saturated rings. The Morgan fingerprint density at radius 2 is 1.73 bits per heavy atom. The van der Waals surface area contributed by atoms with Crippen LogP contribution in [0.5, 0.6) is 0 Å². The zero-order chi connectivity index (χ0) is 10.6. The van der Waals surface area contributed by atoms with E-state index in [0.717, 1.165) is 12.3 Å². The van der Waals surface area contributed by atoms with Gasteiger partial charge in [-0.2, -0.15) is 0 Å². The van der Waals surface area contributed by atoms with Crippen molar-refractivity contribution in [2.24, 2.45) is 11.3 Å². The van der Waals surface area contributed by atoms with Gasteiger partial charge in [-0.25, -0.2) is 0 Å². The average molecular weight is 211 g/mol. The molecule has 2 aliphatic rings.